The lowest BCUT2D eigenvalue weighted by Gasteiger charge is -2.28. The number of hydrogen-bond donors (Lipinski definition) is 0. The number of likely N-dealkylation sites (tertiary alicyclic amines) is 2. The van der Waals surface area contributed by atoms with Gasteiger partial charge in [-0.1, -0.05) is 24.3 Å². The average molecular weight is 415 g/mol. The van der Waals surface area contributed by atoms with Crippen molar-refractivity contribution in [1.82, 2.24) is 9.80 Å². The summed E-state index contributed by atoms with van der Waals surface area (Å²) in [6.07, 6.45) is 0. The van der Waals surface area contributed by atoms with Gasteiger partial charge in [-0.25, -0.2) is 4.79 Å². The Morgan fingerprint density at radius 2 is 1.62 bits per heavy atom. The molecular weight excluding hydrogens is 388 g/mol. The maximum Gasteiger partial charge on any atom is 0.337 e. The first-order valence-corrected chi connectivity index (χ1v) is 9.73. The molecule has 0 unspecified atom stereocenters. The van der Waals surface area contributed by atoms with Crippen LogP contribution in [0.2, 0.25) is 0 Å². The van der Waals surface area contributed by atoms with Gasteiger partial charge < -0.3 is 9.64 Å². The molecule has 0 saturated carbocycles. The summed E-state index contributed by atoms with van der Waals surface area (Å²) in [6, 6.07) is 15.6. The molecule has 0 spiro atoms. The van der Waals surface area contributed by atoms with Crippen molar-refractivity contribution in [1.29, 1.82) is 0 Å². The third-order valence-corrected chi connectivity index (χ3v) is 6.24. The Balaban J connectivity index is 0.00000240. The number of esters is 1. The Morgan fingerprint density at radius 3 is 2.28 bits per heavy atom. The van der Waals surface area contributed by atoms with Crippen molar-refractivity contribution in [3.05, 3.63) is 70.8 Å². The maximum atomic E-state index is 13.0. The van der Waals surface area contributed by atoms with E-state index in [2.05, 4.69) is 43.1 Å². The Morgan fingerprint density at radius 1 is 0.966 bits per heavy atom. The van der Waals surface area contributed by atoms with E-state index in [9.17, 15) is 9.59 Å². The minimum Gasteiger partial charge on any atom is -0.465 e. The molecule has 2 aromatic rings. The van der Waals surface area contributed by atoms with E-state index in [1.165, 1.54) is 18.2 Å². The highest BCUT2D eigenvalue weighted by molar-refractivity contribution is 5.96. The number of aryl methyl sites for hydroxylation is 1. The summed E-state index contributed by atoms with van der Waals surface area (Å²) >= 11 is 0. The maximum absolute atomic E-state index is 13.0. The quantitative estimate of drug-likeness (QED) is 0.720. The number of carbonyl (C=O) groups is 2. The molecule has 3 atom stereocenters. The number of amides is 1. The number of nitrogens with zero attached hydrogens (tertiary/aromatic N) is 2. The van der Waals surface area contributed by atoms with Crippen molar-refractivity contribution >= 4 is 24.3 Å². The molecule has 29 heavy (non-hydrogen) atoms. The minimum absolute atomic E-state index is 0. The largest absolute Gasteiger partial charge is 0.465 e. The number of carbonyl (C=O) groups excluding carboxylic acids is 2. The summed E-state index contributed by atoms with van der Waals surface area (Å²) in [4.78, 5) is 29.0. The summed E-state index contributed by atoms with van der Waals surface area (Å²) < 4.78 is 4.72. The van der Waals surface area contributed by atoms with E-state index in [0.717, 1.165) is 19.6 Å². The van der Waals surface area contributed by atoms with Gasteiger partial charge in [-0.2, -0.15) is 0 Å². The second-order valence-electron chi connectivity index (χ2n) is 7.94. The van der Waals surface area contributed by atoms with Crippen LogP contribution in [0.3, 0.4) is 0 Å². The number of ether oxygens (including phenoxy) is 1. The third-order valence-electron chi connectivity index (χ3n) is 6.24. The van der Waals surface area contributed by atoms with Crippen molar-refractivity contribution in [2.45, 2.75) is 13.0 Å². The normalized spacial score (nSPS) is 23.4. The Labute approximate surface area is 178 Å². The number of rotatable bonds is 3. The molecule has 2 heterocycles. The number of methoxy groups -OCH3 is 1. The van der Waals surface area contributed by atoms with Crippen molar-refractivity contribution in [2.75, 3.05) is 33.8 Å². The summed E-state index contributed by atoms with van der Waals surface area (Å²) in [5, 5.41) is 0. The molecule has 0 aromatic heterocycles. The number of halogens is 1. The second-order valence-corrected chi connectivity index (χ2v) is 7.94. The van der Waals surface area contributed by atoms with Gasteiger partial charge in [0.05, 0.1) is 12.7 Å². The van der Waals surface area contributed by atoms with Crippen LogP contribution in [-0.4, -0.2) is 55.5 Å². The molecule has 0 aliphatic carbocycles. The molecule has 2 aliphatic rings. The zero-order valence-corrected chi connectivity index (χ0v) is 17.8. The molecule has 4 rings (SSSR count). The first-order valence-electron chi connectivity index (χ1n) is 9.73. The molecule has 6 heteroatoms. The van der Waals surface area contributed by atoms with Gasteiger partial charge in [-0.3, -0.25) is 9.69 Å². The van der Waals surface area contributed by atoms with Gasteiger partial charge in [0.1, 0.15) is 0 Å². The fourth-order valence-corrected chi connectivity index (χ4v) is 4.86. The molecule has 0 N–H and O–H groups in total. The van der Waals surface area contributed by atoms with E-state index in [4.69, 9.17) is 4.74 Å². The molecule has 1 amide bonds. The summed E-state index contributed by atoms with van der Waals surface area (Å²) in [5.41, 5.74) is 3.75. The van der Waals surface area contributed by atoms with Gasteiger partial charge in [-0.05, 0) is 55.3 Å². The summed E-state index contributed by atoms with van der Waals surface area (Å²) in [5.74, 6) is 0.591. The highest BCUT2D eigenvalue weighted by Crippen LogP contribution is 2.45. The lowest BCUT2D eigenvalue weighted by Crippen LogP contribution is -2.33. The Kier molecular flexibility index (Phi) is 6.30. The molecule has 2 aliphatic heterocycles. The number of benzene rings is 2. The van der Waals surface area contributed by atoms with Crippen molar-refractivity contribution in [2.24, 2.45) is 11.8 Å². The number of hydrogen-bond acceptors (Lipinski definition) is 4. The van der Waals surface area contributed by atoms with Gasteiger partial charge in [0.2, 0.25) is 0 Å². The lowest BCUT2D eigenvalue weighted by atomic mass is 9.88. The van der Waals surface area contributed by atoms with Crippen LogP contribution in [0.1, 0.15) is 37.9 Å². The molecule has 5 nitrogen and oxygen atoms in total. The van der Waals surface area contributed by atoms with Crippen LogP contribution in [0.15, 0.2) is 48.5 Å². The zero-order valence-electron chi connectivity index (χ0n) is 17.0. The van der Waals surface area contributed by atoms with Gasteiger partial charge >= 0.3 is 5.97 Å². The van der Waals surface area contributed by atoms with Crippen LogP contribution in [0.5, 0.6) is 0 Å². The third kappa shape index (κ3) is 3.89. The highest BCUT2D eigenvalue weighted by atomic mass is 35.5. The smallest absolute Gasteiger partial charge is 0.337 e. The molecule has 2 saturated heterocycles. The van der Waals surface area contributed by atoms with E-state index in [0.29, 0.717) is 29.0 Å². The minimum atomic E-state index is -0.390. The topological polar surface area (TPSA) is 49.9 Å². The Bertz CT molecular complexity index is 899. The van der Waals surface area contributed by atoms with Crippen LogP contribution in [0.4, 0.5) is 0 Å². The summed E-state index contributed by atoms with van der Waals surface area (Å²) in [7, 11) is 3.54. The molecular formula is C23H27ClN2O3. The van der Waals surface area contributed by atoms with E-state index >= 15 is 0 Å². The summed E-state index contributed by atoms with van der Waals surface area (Å²) in [6.45, 7) is 4.73. The predicted octanol–water partition coefficient (Wildman–Crippen LogP) is 3.58. The highest BCUT2D eigenvalue weighted by Gasteiger charge is 2.47. The molecule has 2 aromatic carbocycles. The fourth-order valence-electron chi connectivity index (χ4n) is 4.86. The zero-order chi connectivity index (χ0) is 19.8. The molecule has 2 fully saturated rings. The average Bonchev–Trinajstić information content (AvgIpc) is 3.24. The van der Waals surface area contributed by atoms with E-state index in [1.54, 1.807) is 24.3 Å². The van der Waals surface area contributed by atoms with Gasteiger partial charge in [0.15, 0.2) is 0 Å². The monoisotopic (exact) mass is 414 g/mol. The van der Waals surface area contributed by atoms with Crippen molar-refractivity contribution in [3.8, 4) is 0 Å². The lowest BCUT2D eigenvalue weighted by molar-refractivity contribution is 0.0600. The van der Waals surface area contributed by atoms with Crippen LogP contribution in [0.25, 0.3) is 0 Å². The van der Waals surface area contributed by atoms with Crippen LogP contribution < -0.4 is 0 Å². The molecule has 0 radical (unpaired) electrons. The second kappa shape index (κ2) is 8.56. The van der Waals surface area contributed by atoms with Crippen molar-refractivity contribution in [3.63, 3.8) is 0 Å². The predicted molar refractivity (Wildman–Crippen MR) is 114 cm³/mol. The van der Waals surface area contributed by atoms with Crippen LogP contribution >= 0.6 is 12.4 Å². The first kappa shape index (κ1) is 21.3. The SMILES string of the molecule is COC(=O)c1ccc(C(=O)N2C[C@@H]3CN(C)[C@@H](c4ccccc4C)[C@@H]3C2)cc1.Cl. The Hall–Kier alpha value is -2.37. The number of fused-ring (bicyclic) bond motifs is 1. The van der Waals surface area contributed by atoms with Gasteiger partial charge in [0.25, 0.3) is 5.91 Å². The van der Waals surface area contributed by atoms with Crippen LogP contribution in [0, 0.1) is 18.8 Å². The standard InChI is InChI=1S/C23H26N2O3.ClH/c1-15-6-4-5-7-19(15)21-20-14-25(13-18(20)12-24(21)2)22(26)16-8-10-17(11-9-16)23(27)28-3;/h4-11,18,20-21H,12-14H2,1-3H3;1H/t18-,20+,21-;/m0./s1. The first-order chi connectivity index (χ1) is 13.5. The van der Waals surface area contributed by atoms with Crippen LogP contribution in [-0.2, 0) is 4.74 Å². The van der Waals surface area contributed by atoms with Gasteiger partial charge in [0, 0.05) is 37.2 Å². The molecule has 154 valence electrons. The van der Waals surface area contributed by atoms with Gasteiger partial charge in [-0.15, -0.1) is 12.4 Å². The fraction of sp³-hybridized carbons (Fsp3) is 0.391. The van der Waals surface area contributed by atoms with E-state index in [-0.39, 0.29) is 24.3 Å². The van der Waals surface area contributed by atoms with Crippen molar-refractivity contribution < 1.29 is 14.3 Å². The van der Waals surface area contributed by atoms with E-state index in [1.807, 2.05) is 4.90 Å². The molecule has 0 bridgehead atoms. The van der Waals surface area contributed by atoms with E-state index < -0.39 is 0 Å².